The minimum absolute atomic E-state index is 0.247. The van der Waals surface area contributed by atoms with Crippen molar-refractivity contribution >= 4 is 46.4 Å². The Kier molecular flexibility index (Phi) is 7.12. The molecule has 7 heteroatoms. The van der Waals surface area contributed by atoms with E-state index in [0.717, 1.165) is 12.0 Å². The Morgan fingerprint density at radius 3 is 2.36 bits per heavy atom. The largest absolute Gasteiger partial charge is 0.482 e. The number of rotatable bonds is 6. The van der Waals surface area contributed by atoms with Gasteiger partial charge in [-0.1, -0.05) is 66.0 Å². The number of carbonyl (C=O) groups excluding carboxylic acids is 1. The molecule has 0 unspecified atom stereocenters. The third-order valence-corrected chi connectivity index (χ3v) is 4.48. The molecule has 25 heavy (non-hydrogen) atoms. The van der Waals surface area contributed by atoms with Crippen molar-refractivity contribution in [2.45, 2.75) is 20.3 Å². The molecule has 0 atom stereocenters. The van der Waals surface area contributed by atoms with Crippen molar-refractivity contribution in [2.24, 2.45) is 5.10 Å². The molecule has 4 nitrogen and oxygen atoms in total. The fraction of sp³-hybridized carbons (Fsp3) is 0.222. The van der Waals surface area contributed by atoms with E-state index >= 15 is 0 Å². The highest BCUT2D eigenvalue weighted by Crippen LogP contribution is 2.33. The fourth-order valence-electron chi connectivity index (χ4n) is 1.98. The molecular formula is C18H17Cl3N2O2. The minimum Gasteiger partial charge on any atom is -0.482 e. The van der Waals surface area contributed by atoms with E-state index in [0.29, 0.717) is 15.8 Å². The number of nitrogens with one attached hydrogen (secondary N) is 1. The number of amides is 1. The van der Waals surface area contributed by atoms with Crippen molar-refractivity contribution in [2.75, 3.05) is 6.61 Å². The molecule has 0 aliphatic carbocycles. The zero-order valence-electron chi connectivity index (χ0n) is 13.8. The molecule has 0 saturated carbocycles. The average Bonchev–Trinajstić information content (AvgIpc) is 2.61. The van der Waals surface area contributed by atoms with Gasteiger partial charge in [-0.2, -0.15) is 5.10 Å². The Balaban J connectivity index is 1.92. The van der Waals surface area contributed by atoms with Crippen molar-refractivity contribution < 1.29 is 9.53 Å². The molecule has 1 N–H and O–H groups in total. The van der Waals surface area contributed by atoms with Gasteiger partial charge in [0, 0.05) is 6.07 Å². The molecule has 0 radical (unpaired) electrons. The molecule has 0 fully saturated rings. The molecule has 0 bridgehead atoms. The first-order valence-corrected chi connectivity index (χ1v) is 8.74. The normalized spacial score (nSPS) is 11.3. The summed E-state index contributed by atoms with van der Waals surface area (Å²) in [4.78, 5) is 11.9. The van der Waals surface area contributed by atoms with Crippen LogP contribution in [0.15, 0.2) is 41.5 Å². The van der Waals surface area contributed by atoms with Crippen LogP contribution in [-0.2, 0) is 11.2 Å². The van der Waals surface area contributed by atoms with Crippen molar-refractivity contribution in [3.63, 3.8) is 0 Å². The van der Waals surface area contributed by atoms with E-state index in [1.807, 2.05) is 31.2 Å². The highest BCUT2D eigenvalue weighted by Gasteiger charge is 2.09. The molecule has 2 rings (SSSR count). The first-order valence-electron chi connectivity index (χ1n) is 7.60. The minimum atomic E-state index is -0.410. The van der Waals surface area contributed by atoms with Gasteiger partial charge in [0.05, 0.1) is 20.8 Å². The number of carbonyl (C=O) groups is 1. The van der Waals surface area contributed by atoms with Gasteiger partial charge < -0.3 is 4.74 Å². The van der Waals surface area contributed by atoms with Crippen LogP contribution in [0.25, 0.3) is 0 Å². The summed E-state index contributed by atoms with van der Waals surface area (Å²) in [7, 11) is 0. The van der Waals surface area contributed by atoms with E-state index in [1.54, 1.807) is 0 Å². The Bertz CT molecular complexity index is 790. The van der Waals surface area contributed by atoms with Crippen LogP contribution in [0.4, 0.5) is 0 Å². The molecule has 0 saturated heterocycles. The van der Waals surface area contributed by atoms with Crippen LogP contribution in [0.1, 0.15) is 25.0 Å². The number of hydrogen-bond acceptors (Lipinski definition) is 3. The van der Waals surface area contributed by atoms with E-state index in [2.05, 4.69) is 17.5 Å². The zero-order valence-corrected chi connectivity index (χ0v) is 16.0. The molecular weight excluding hydrogens is 383 g/mol. The maximum atomic E-state index is 11.9. The first-order chi connectivity index (χ1) is 11.9. The van der Waals surface area contributed by atoms with Crippen LogP contribution in [0, 0.1) is 0 Å². The highest BCUT2D eigenvalue weighted by atomic mass is 35.5. The van der Waals surface area contributed by atoms with Crippen LogP contribution in [0.3, 0.4) is 0 Å². The predicted octanol–water partition coefficient (Wildman–Crippen LogP) is 5.13. The lowest BCUT2D eigenvalue weighted by Crippen LogP contribution is -2.25. The maximum Gasteiger partial charge on any atom is 0.277 e. The second-order valence-corrected chi connectivity index (χ2v) is 6.49. The van der Waals surface area contributed by atoms with Gasteiger partial charge >= 0.3 is 0 Å². The van der Waals surface area contributed by atoms with Crippen LogP contribution >= 0.6 is 34.8 Å². The summed E-state index contributed by atoms with van der Waals surface area (Å²) in [6.07, 6.45) is 0.974. The lowest BCUT2D eigenvalue weighted by atomic mass is 10.1. The summed E-state index contributed by atoms with van der Waals surface area (Å²) in [5.41, 5.74) is 5.32. The van der Waals surface area contributed by atoms with E-state index in [4.69, 9.17) is 39.5 Å². The smallest absolute Gasteiger partial charge is 0.277 e. The predicted molar refractivity (Wildman–Crippen MR) is 103 cm³/mol. The summed E-state index contributed by atoms with van der Waals surface area (Å²) in [5, 5.41) is 4.96. The molecule has 0 aromatic heterocycles. The molecule has 0 aliphatic rings. The van der Waals surface area contributed by atoms with Gasteiger partial charge in [0.1, 0.15) is 5.75 Å². The molecule has 2 aromatic rings. The molecule has 0 spiro atoms. The molecule has 0 heterocycles. The summed E-state index contributed by atoms with van der Waals surface area (Å²) >= 11 is 17.7. The molecule has 1 amide bonds. The van der Waals surface area contributed by atoms with Gasteiger partial charge in [-0.25, -0.2) is 5.43 Å². The van der Waals surface area contributed by atoms with Crippen LogP contribution in [0.2, 0.25) is 15.1 Å². The summed E-state index contributed by atoms with van der Waals surface area (Å²) < 4.78 is 5.35. The Hall–Kier alpha value is -1.75. The maximum absolute atomic E-state index is 11.9. The van der Waals surface area contributed by atoms with Crippen molar-refractivity contribution in [1.82, 2.24) is 5.43 Å². The number of hydrazone groups is 1. The summed E-state index contributed by atoms with van der Waals surface area (Å²) in [6, 6.07) is 10.9. The van der Waals surface area contributed by atoms with Gasteiger partial charge in [-0.3, -0.25) is 4.79 Å². The average molecular weight is 400 g/mol. The molecule has 2 aromatic carbocycles. The number of halogens is 3. The van der Waals surface area contributed by atoms with Crippen molar-refractivity contribution in [3.8, 4) is 5.75 Å². The molecule has 0 aliphatic heterocycles. The van der Waals surface area contributed by atoms with Gasteiger partial charge in [-0.15, -0.1) is 0 Å². The summed E-state index contributed by atoms with van der Waals surface area (Å²) in [6.45, 7) is 3.66. The number of ether oxygens (including phenoxy) is 1. The zero-order chi connectivity index (χ0) is 18.4. The number of nitrogens with zero attached hydrogens (tertiary/aromatic N) is 1. The second-order valence-electron chi connectivity index (χ2n) is 5.27. The van der Waals surface area contributed by atoms with E-state index in [1.165, 1.54) is 17.7 Å². The van der Waals surface area contributed by atoms with Gasteiger partial charge in [0.15, 0.2) is 6.61 Å². The lowest BCUT2D eigenvalue weighted by Gasteiger charge is -2.09. The highest BCUT2D eigenvalue weighted by molar-refractivity contribution is 6.43. The van der Waals surface area contributed by atoms with Crippen LogP contribution < -0.4 is 10.2 Å². The summed E-state index contributed by atoms with van der Waals surface area (Å²) in [5.74, 6) is -0.131. The van der Waals surface area contributed by atoms with E-state index in [9.17, 15) is 4.79 Å². The monoisotopic (exact) mass is 398 g/mol. The Morgan fingerprint density at radius 2 is 1.72 bits per heavy atom. The van der Waals surface area contributed by atoms with Gasteiger partial charge in [0.2, 0.25) is 0 Å². The van der Waals surface area contributed by atoms with Gasteiger partial charge in [0.25, 0.3) is 5.91 Å². The third-order valence-electron chi connectivity index (χ3n) is 3.46. The first kappa shape index (κ1) is 19.6. The lowest BCUT2D eigenvalue weighted by molar-refractivity contribution is -0.123. The Morgan fingerprint density at radius 1 is 1.08 bits per heavy atom. The number of hydrogen-bond donors (Lipinski definition) is 1. The van der Waals surface area contributed by atoms with E-state index in [-0.39, 0.29) is 17.4 Å². The SMILES string of the molecule is CCc1ccc(/C(C)=N/NC(=O)COc2cc(Cl)c(Cl)cc2Cl)cc1. The van der Waals surface area contributed by atoms with Crippen LogP contribution in [0.5, 0.6) is 5.75 Å². The third kappa shape index (κ3) is 5.63. The topological polar surface area (TPSA) is 50.7 Å². The standard InChI is InChI=1S/C18H17Cl3N2O2/c1-3-12-4-6-13(7-5-12)11(2)22-23-18(24)10-25-17-9-15(20)14(19)8-16(17)21/h4-9H,3,10H2,1-2H3,(H,23,24)/b22-11+. The number of benzene rings is 2. The molecule has 132 valence electrons. The van der Waals surface area contributed by atoms with Crippen molar-refractivity contribution in [3.05, 3.63) is 62.6 Å². The van der Waals surface area contributed by atoms with Crippen molar-refractivity contribution in [1.29, 1.82) is 0 Å². The fourth-order valence-corrected chi connectivity index (χ4v) is 2.57. The Labute approximate surface area is 161 Å². The van der Waals surface area contributed by atoms with Crippen LogP contribution in [-0.4, -0.2) is 18.2 Å². The van der Waals surface area contributed by atoms with Gasteiger partial charge in [-0.05, 0) is 30.5 Å². The second kappa shape index (κ2) is 9.09. The number of aryl methyl sites for hydroxylation is 1. The quantitative estimate of drug-likeness (QED) is 0.416. The van der Waals surface area contributed by atoms with E-state index < -0.39 is 5.91 Å².